The molecule has 0 saturated heterocycles. The molecule has 2 aromatic rings. The normalized spacial score (nSPS) is 11.5. The van der Waals surface area contributed by atoms with Crippen LogP contribution in [0.1, 0.15) is 29.1 Å². The molecule has 1 unspecified atom stereocenters. The molecule has 0 fully saturated rings. The van der Waals surface area contributed by atoms with Crippen molar-refractivity contribution in [2.45, 2.75) is 25.8 Å². The number of rotatable bonds is 6. The molecule has 2 N–H and O–H groups in total. The van der Waals surface area contributed by atoms with E-state index in [0.717, 1.165) is 0 Å². The quantitative estimate of drug-likeness (QED) is 0.827. The van der Waals surface area contributed by atoms with Gasteiger partial charge >= 0.3 is 5.97 Å². The fraction of sp³-hybridized carbons (Fsp3) is 0.267. The molecule has 0 spiro atoms. The van der Waals surface area contributed by atoms with E-state index in [1.54, 1.807) is 31.2 Å². The molecule has 8 heteroatoms. The summed E-state index contributed by atoms with van der Waals surface area (Å²) in [5.41, 5.74) is 0.919. The Kier molecular flexibility index (Phi) is 5.04. The van der Waals surface area contributed by atoms with Gasteiger partial charge in [-0.25, -0.2) is 0 Å². The molecule has 118 valence electrons. The Morgan fingerprint density at radius 1 is 1.48 bits per heavy atom. The first kappa shape index (κ1) is 16.2. The van der Waals surface area contributed by atoms with Crippen molar-refractivity contribution in [1.82, 2.24) is 15.5 Å². The van der Waals surface area contributed by atoms with Crippen LogP contribution < -0.4 is 5.32 Å². The number of nitrogens with zero attached hydrogens (tertiary/aromatic N) is 3. The van der Waals surface area contributed by atoms with Gasteiger partial charge < -0.3 is 14.9 Å². The number of hydrogen-bond acceptors (Lipinski definition) is 6. The standard InChI is InChI=1S/C15H14N4O4/c1-9-17-14(19-23-9)10-3-2-4-11(7-10)15(22)18-12(5-6-16)8-13(20)21/h2-4,7,12H,5,8H2,1H3,(H,18,22)(H,20,21). The van der Waals surface area contributed by atoms with E-state index in [9.17, 15) is 9.59 Å². The van der Waals surface area contributed by atoms with Crippen LogP contribution in [0.15, 0.2) is 28.8 Å². The van der Waals surface area contributed by atoms with Crippen LogP contribution in [-0.4, -0.2) is 33.2 Å². The minimum atomic E-state index is -1.08. The second-order valence-electron chi connectivity index (χ2n) is 4.85. The van der Waals surface area contributed by atoms with Gasteiger partial charge in [-0.15, -0.1) is 0 Å². The van der Waals surface area contributed by atoms with Gasteiger partial charge in [-0.05, 0) is 12.1 Å². The largest absolute Gasteiger partial charge is 0.481 e. The number of carboxylic acid groups (broad SMARTS) is 1. The van der Waals surface area contributed by atoms with E-state index >= 15 is 0 Å². The lowest BCUT2D eigenvalue weighted by atomic mass is 10.1. The molecule has 1 heterocycles. The first-order chi connectivity index (χ1) is 11.0. The minimum absolute atomic E-state index is 0.0816. The number of aryl methyl sites for hydroxylation is 1. The zero-order chi connectivity index (χ0) is 16.8. The summed E-state index contributed by atoms with van der Waals surface area (Å²) in [5, 5.41) is 23.8. The molecule has 0 saturated carbocycles. The highest BCUT2D eigenvalue weighted by molar-refractivity contribution is 5.95. The van der Waals surface area contributed by atoms with E-state index < -0.39 is 17.9 Å². The number of nitrogens with one attached hydrogen (secondary N) is 1. The smallest absolute Gasteiger partial charge is 0.305 e. The summed E-state index contributed by atoms with van der Waals surface area (Å²) in [7, 11) is 0. The molecule has 1 amide bonds. The molecule has 0 radical (unpaired) electrons. The van der Waals surface area contributed by atoms with Gasteiger partial charge in [0.15, 0.2) is 0 Å². The van der Waals surface area contributed by atoms with Crippen LogP contribution in [0.5, 0.6) is 0 Å². The fourth-order valence-corrected chi connectivity index (χ4v) is 1.98. The number of hydrogen-bond donors (Lipinski definition) is 2. The van der Waals surface area contributed by atoms with Gasteiger partial charge in [0.1, 0.15) is 0 Å². The number of carbonyl (C=O) groups is 2. The second-order valence-corrected chi connectivity index (χ2v) is 4.85. The summed E-state index contributed by atoms with van der Waals surface area (Å²) in [6.45, 7) is 1.66. The Bertz CT molecular complexity index is 763. The highest BCUT2D eigenvalue weighted by Gasteiger charge is 2.17. The average Bonchev–Trinajstić information content (AvgIpc) is 2.93. The number of benzene rings is 1. The van der Waals surface area contributed by atoms with Crippen molar-refractivity contribution in [2.75, 3.05) is 0 Å². The number of carboxylic acids is 1. The van der Waals surface area contributed by atoms with Crippen molar-refractivity contribution in [2.24, 2.45) is 0 Å². The Morgan fingerprint density at radius 3 is 2.87 bits per heavy atom. The van der Waals surface area contributed by atoms with Gasteiger partial charge in [0.05, 0.1) is 25.0 Å². The summed E-state index contributed by atoms with van der Waals surface area (Å²) in [5.74, 6) is -0.781. The first-order valence-corrected chi connectivity index (χ1v) is 6.80. The summed E-state index contributed by atoms with van der Waals surface area (Å²) in [6, 6.07) is 7.65. The van der Waals surface area contributed by atoms with Crippen molar-refractivity contribution >= 4 is 11.9 Å². The lowest BCUT2D eigenvalue weighted by Crippen LogP contribution is -2.36. The highest BCUT2D eigenvalue weighted by Crippen LogP contribution is 2.17. The van der Waals surface area contributed by atoms with Crippen LogP contribution in [0.25, 0.3) is 11.4 Å². The number of aliphatic carboxylic acids is 1. The van der Waals surface area contributed by atoms with Crippen LogP contribution in [-0.2, 0) is 4.79 Å². The van der Waals surface area contributed by atoms with Crippen molar-refractivity contribution in [1.29, 1.82) is 5.26 Å². The first-order valence-electron chi connectivity index (χ1n) is 6.80. The fourth-order valence-electron chi connectivity index (χ4n) is 1.98. The maximum atomic E-state index is 12.2. The molecule has 0 aliphatic rings. The number of amides is 1. The van der Waals surface area contributed by atoms with Crippen LogP contribution in [0.2, 0.25) is 0 Å². The molecule has 0 aliphatic heterocycles. The lowest BCUT2D eigenvalue weighted by Gasteiger charge is -2.13. The van der Waals surface area contributed by atoms with Crippen LogP contribution >= 0.6 is 0 Å². The highest BCUT2D eigenvalue weighted by atomic mass is 16.5. The Labute approximate surface area is 131 Å². The van der Waals surface area contributed by atoms with Crippen molar-refractivity contribution in [3.8, 4) is 17.5 Å². The molecule has 0 bridgehead atoms. The van der Waals surface area contributed by atoms with Gasteiger partial charge in [0, 0.05) is 18.1 Å². The minimum Gasteiger partial charge on any atom is -0.481 e. The average molecular weight is 314 g/mol. The van der Waals surface area contributed by atoms with E-state index in [4.69, 9.17) is 14.9 Å². The van der Waals surface area contributed by atoms with E-state index in [-0.39, 0.29) is 12.8 Å². The molecule has 1 aromatic carbocycles. The van der Waals surface area contributed by atoms with Crippen molar-refractivity contribution in [3.05, 3.63) is 35.7 Å². The van der Waals surface area contributed by atoms with Crippen molar-refractivity contribution < 1.29 is 19.2 Å². The van der Waals surface area contributed by atoms with E-state index in [0.29, 0.717) is 22.8 Å². The molecular formula is C15H14N4O4. The van der Waals surface area contributed by atoms with Crippen LogP contribution in [0, 0.1) is 18.3 Å². The van der Waals surface area contributed by atoms with Gasteiger partial charge in [-0.1, -0.05) is 17.3 Å². The predicted octanol–water partition coefficient (Wildman–Crippen LogP) is 1.53. The molecular weight excluding hydrogens is 300 g/mol. The third kappa shape index (κ3) is 4.38. The van der Waals surface area contributed by atoms with E-state index in [2.05, 4.69) is 15.5 Å². The molecule has 2 rings (SSSR count). The van der Waals surface area contributed by atoms with E-state index in [1.165, 1.54) is 0 Å². The zero-order valence-electron chi connectivity index (χ0n) is 12.3. The third-order valence-corrected chi connectivity index (χ3v) is 3.00. The number of carbonyl (C=O) groups excluding carboxylic acids is 1. The molecule has 23 heavy (non-hydrogen) atoms. The Balaban J connectivity index is 2.16. The maximum absolute atomic E-state index is 12.2. The van der Waals surface area contributed by atoms with Gasteiger partial charge in [-0.2, -0.15) is 10.2 Å². The number of aromatic nitrogens is 2. The van der Waals surface area contributed by atoms with Crippen LogP contribution in [0.4, 0.5) is 0 Å². The monoisotopic (exact) mass is 314 g/mol. The van der Waals surface area contributed by atoms with Gasteiger partial charge in [0.25, 0.3) is 5.91 Å². The van der Waals surface area contributed by atoms with Gasteiger partial charge in [-0.3, -0.25) is 9.59 Å². The van der Waals surface area contributed by atoms with E-state index in [1.807, 2.05) is 6.07 Å². The molecule has 1 atom stereocenters. The Morgan fingerprint density at radius 2 is 2.26 bits per heavy atom. The maximum Gasteiger partial charge on any atom is 0.305 e. The van der Waals surface area contributed by atoms with Crippen LogP contribution in [0.3, 0.4) is 0 Å². The summed E-state index contributed by atoms with van der Waals surface area (Å²) in [6.07, 6.45) is -0.398. The molecule has 8 nitrogen and oxygen atoms in total. The summed E-state index contributed by atoms with van der Waals surface area (Å²) >= 11 is 0. The topological polar surface area (TPSA) is 129 Å². The summed E-state index contributed by atoms with van der Waals surface area (Å²) in [4.78, 5) is 27.1. The second kappa shape index (κ2) is 7.17. The third-order valence-electron chi connectivity index (χ3n) is 3.00. The zero-order valence-corrected chi connectivity index (χ0v) is 12.3. The van der Waals surface area contributed by atoms with Crippen molar-refractivity contribution in [3.63, 3.8) is 0 Å². The van der Waals surface area contributed by atoms with Gasteiger partial charge in [0.2, 0.25) is 11.7 Å². The predicted molar refractivity (Wildman–Crippen MR) is 78.2 cm³/mol. The summed E-state index contributed by atoms with van der Waals surface area (Å²) < 4.78 is 4.90. The lowest BCUT2D eigenvalue weighted by molar-refractivity contribution is -0.137. The number of nitriles is 1. The SMILES string of the molecule is Cc1nc(-c2cccc(C(=O)NC(CC#N)CC(=O)O)c2)no1. The molecule has 0 aliphatic carbocycles. The molecule has 1 aromatic heterocycles. The Hall–Kier alpha value is -3.21.